The maximum atomic E-state index is 5.65. The van der Waals surface area contributed by atoms with Gasteiger partial charge in [-0.2, -0.15) is 0 Å². The Morgan fingerprint density at radius 1 is 1.58 bits per heavy atom. The molecular formula is C14H20BrN3S. The monoisotopic (exact) mass is 341 g/mol. The van der Waals surface area contributed by atoms with Crippen LogP contribution in [0.5, 0.6) is 0 Å². The quantitative estimate of drug-likeness (QED) is 0.853. The SMILES string of the molecule is CN(CC1CCCN1C)c1ccc(C(N)=S)cc1Br. The van der Waals surface area contributed by atoms with Crippen molar-refractivity contribution in [2.24, 2.45) is 5.73 Å². The van der Waals surface area contributed by atoms with Crippen molar-refractivity contribution in [3.05, 3.63) is 28.2 Å². The first-order valence-electron chi connectivity index (χ1n) is 6.50. The van der Waals surface area contributed by atoms with Crippen LogP contribution in [-0.4, -0.2) is 43.1 Å². The lowest BCUT2D eigenvalue weighted by molar-refractivity contribution is 0.314. The molecule has 3 nitrogen and oxygen atoms in total. The maximum Gasteiger partial charge on any atom is 0.104 e. The molecule has 5 heteroatoms. The van der Waals surface area contributed by atoms with Gasteiger partial charge >= 0.3 is 0 Å². The Labute approximate surface area is 128 Å². The minimum Gasteiger partial charge on any atom is -0.389 e. The third-order valence-corrected chi connectivity index (χ3v) is 4.67. The number of thiocarbonyl (C=S) groups is 1. The van der Waals surface area contributed by atoms with Gasteiger partial charge in [-0.3, -0.25) is 0 Å². The van der Waals surface area contributed by atoms with Crippen molar-refractivity contribution in [3.63, 3.8) is 0 Å². The topological polar surface area (TPSA) is 32.5 Å². The fourth-order valence-electron chi connectivity index (χ4n) is 2.59. The molecule has 1 aliphatic rings. The summed E-state index contributed by atoms with van der Waals surface area (Å²) in [6.07, 6.45) is 2.58. The van der Waals surface area contributed by atoms with E-state index in [4.69, 9.17) is 18.0 Å². The third-order valence-electron chi connectivity index (χ3n) is 3.80. The molecule has 0 radical (unpaired) electrons. The fourth-order valence-corrected chi connectivity index (χ4v) is 3.40. The normalized spacial score (nSPS) is 19.6. The molecule has 2 rings (SSSR count). The van der Waals surface area contributed by atoms with E-state index in [9.17, 15) is 0 Å². The van der Waals surface area contributed by atoms with E-state index in [1.807, 2.05) is 12.1 Å². The van der Waals surface area contributed by atoms with Crippen molar-refractivity contribution in [2.75, 3.05) is 32.1 Å². The number of hydrogen-bond acceptors (Lipinski definition) is 3. The molecule has 1 heterocycles. The Morgan fingerprint density at radius 3 is 2.84 bits per heavy atom. The van der Waals surface area contributed by atoms with Gasteiger partial charge in [0.05, 0.1) is 5.69 Å². The third kappa shape index (κ3) is 3.46. The zero-order valence-electron chi connectivity index (χ0n) is 11.4. The molecule has 1 aromatic rings. The van der Waals surface area contributed by atoms with Crippen molar-refractivity contribution < 1.29 is 0 Å². The van der Waals surface area contributed by atoms with Crippen LogP contribution in [0.3, 0.4) is 0 Å². The van der Waals surface area contributed by atoms with Gasteiger partial charge in [0.1, 0.15) is 4.99 Å². The standard InChI is InChI=1S/C14H20BrN3S/c1-17-7-3-4-11(17)9-18(2)13-6-5-10(14(16)19)8-12(13)15/h5-6,8,11H,3-4,7,9H2,1-2H3,(H2,16,19). The number of nitrogens with zero attached hydrogens (tertiary/aromatic N) is 2. The average Bonchev–Trinajstić information content (AvgIpc) is 2.74. The Hall–Kier alpha value is -0.650. The van der Waals surface area contributed by atoms with E-state index in [0.717, 1.165) is 16.6 Å². The summed E-state index contributed by atoms with van der Waals surface area (Å²) < 4.78 is 1.04. The highest BCUT2D eigenvalue weighted by molar-refractivity contribution is 9.10. The van der Waals surface area contributed by atoms with E-state index in [1.54, 1.807) is 0 Å². The molecule has 1 aliphatic heterocycles. The number of nitrogens with two attached hydrogens (primary N) is 1. The summed E-state index contributed by atoms with van der Waals surface area (Å²) in [6.45, 7) is 2.25. The number of hydrogen-bond donors (Lipinski definition) is 1. The first-order chi connectivity index (χ1) is 8.99. The first-order valence-corrected chi connectivity index (χ1v) is 7.70. The highest BCUT2D eigenvalue weighted by atomic mass is 79.9. The van der Waals surface area contributed by atoms with E-state index in [2.05, 4.69) is 45.9 Å². The van der Waals surface area contributed by atoms with E-state index in [1.165, 1.54) is 25.1 Å². The molecule has 1 aromatic carbocycles. The zero-order chi connectivity index (χ0) is 14.0. The molecule has 0 bridgehead atoms. The number of anilines is 1. The van der Waals surface area contributed by atoms with Gasteiger partial charge in [-0.05, 0) is 60.6 Å². The molecule has 0 amide bonds. The lowest BCUT2D eigenvalue weighted by atomic mass is 10.1. The minimum absolute atomic E-state index is 0.436. The van der Waals surface area contributed by atoms with Gasteiger partial charge in [0.15, 0.2) is 0 Å². The van der Waals surface area contributed by atoms with Crippen molar-refractivity contribution in [3.8, 4) is 0 Å². The van der Waals surface area contributed by atoms with Crippen LogP contribution in [0.25, 0.3) is 0 Å². The molecule has 0 aromatic heterocycles. The zero-order valence-corrected chi connectivity index (χ0v) is 13.8. The van der Waals surface area contributed by atoms with Crippen molar-refractivity contribution >= 4 is 38.8 Å². The van der Waals surface area contributed by atoms with Crippen LogP contribution in [0.15, 0.2) is 22.7 Å². The summed E-state index contributed by atoms with van der Waals surface area (Å²) in [5, 5.41) is 0. The molecule has 1 unspecified atom stereocenters. The number of benzene rings is 1. The largest absolute Gasteiger partial charge is 0.389 e. The molecule has 2 N–H and O–H groups in total. The van der Waals surface area contributed by atoms with Crippen molar-refractivity contribution in [2.45, 2.75) is 18.9 Å². The Kier molecular flexibility index (Phi) is 4.81. The van der Waals surface area contributed by atoms with Gasteiger partial charge < -0.3 is 15.5 Å². The summed E-state index contributed by atoms with van der Waals surface area (Å²) in [4.78, 5) is 5.17. The summed E-state index contributed by atoms with van der Waals surface area (Å²) in [6, 6.07) is 6.70. The number of rotatable bonds is 4. The predicted molar refractivity (Wildman–Crippen MR) is 89.0 cm³/mol. The van der Waals surface area contributed by atoms with Gasteiger partial charge in [-0.25, -0.2) is 0 Å². The summed E-state index contributed by atoms with van der Waals surface area (Å²) in [7, 11) is 4.34. The van der Waals surface area contributed by atoms with Gasteiger partial charge in [-0.15, -0.1) is 0 Å². The maximum absolute atomic E-state index is 5.65. The molecule has 104 valence electrons. The van der Waals surface area contributed by atoms with E-state index in [0.29, 0.717) is 11.0 Å². The van der Waals surface area contributed by atoms with E-state index >= 15 is 0 Å². The second-order valence-corrected chi connectivity index (χ2v) is 6.48. The summed E-state index contributed by atoms with van der Waals surface area (Å²) >= 11 is 8.61. The summed E-state index contributed by atoms with van der Waals surface area (Å²) in [5.74, 6) is 0. The number of likely N-dealkylation sites (tertiary alicyclic amines) is 1. The van der Waals surface area contributed by atoms with Gasteiger partial charge in [0.2, 0.25) is 0 Å². The molecule has 1 fully saturated rings. The first kappa shape index (κ1) is 14.8. The Bertz CT molecular complexity index is 478. The van der Waals surface area contributed by atoms with Crippen molar-refractivity contribution in [1.29, 1.82) is 0 Å². The van der Waals surface area contributed by atoms with Crippen LogP contribution in [0, 0.1) is 0 Å². The lowest BCUT2D eigenvalue weighted by Crippen LogP contribution is -2.36. The Balaban J connectivity index is 2.10. The van der Waals surface area contributed by atoms with E-state index < -0.39 is 0 Å². The van der Waals surface area contributed by atoms with Crippen LogP contribution in [-0.2, 0) is 0 Å². The highest BCUT2D eigenvalue weighted by Crippen LogP contribution is 2.28. The van der Waals surface area contributed by atoms with Crippen LogP contribution < -0.4 is 10.6 Å². The number of halogens is 1. The van der Waals surface area contributed by atoms with Crippen LogP contribution >= 0.6 is 28.1 Å². The van der Waals surface area contributed by atoms with Gasteiger partial charge in [0, 0.05) is 29.7 Å². The molecule has 0 saturated carbocycles. The minimum atomic E-state index is 0.436. The smallest absolute Gasteiger partial charge is 0.104 e. The average molecular weight is 342 g/mol. The van der Waals surface area contributed by atoms with Gasteiger partial charge in [0.25, 0.3) is 0 Å². The van der Waals surface area contributed by atoms with Crippen LogP contribution in [0.2, 0.25) is 0 Å². The lowest BCUT2D eigenvalue weighted by Gasteiger charge is -2.28. The molecule has 1 saturated heterocycles. The second kappa shape index (κ2) is 6.20. The molecule has 19 heavy (non-hydrogen) atoms. The predicted octanol–water partition coefficient (Wildman–Crippen LogP) is 2.61. The molecular weight excluding hydrogens is 322 g/mol. The number of likely N-dealkylation sites (N-methyl/N-ethyl adjacent to an activating group) is 2. The van der Waals surface area contributed by atoms with Crippen molar-refractivity contribution in [1.82, 2.24) is 4.90 Å². The van der Waals surface area contributed by atoms with E-state index in [-0.39, 0.29) is 0 Å². The molecule has 0 spiro atoms. The fraction of sp³-hybridized carbons (Fsp3) is 0.500. The molecule has 0 aliphatic carbocycles. The summed E-state index contributed by atoms with van der Waals surface area (Å²) in [5.41, 5.74) is 7.73. The second-order valence-electron chi connectivity index (χ2n) is 5.19. The molecule has 1 atom stereocenters. The highest BCUT2D eigenvalue weighted by Gasteiger charge is 2.22. The Morgan fingerprint density at radius 2 is 2.32 bits per heavy atom. The van der Waals surface area contributed by atoms with Crippen LogP contribution in [0.1, 0.15) is 18.4 Å². The van der Waals surface area contributed by atoms with Crippen LogP contribution in [0.4, 0.5) is 5.69 Å². The van der Waals surface area contributed by atoms with Gasteiger partial charge in [-0.1, -0.05) is 12.2 Å².